The SMILES string of the molecule is COc1ccc([C@@H]2c3[nH]c4ccccc4c3CCN2C(=O)C2CC2)cc1. The summed E-state index contributed by atoms with van der Waals surface area (Å²) in [6, 6.07) is 16.5. The van der Waals surface area contributed by atoms with Crippen molar-refractivity contribution in [1.82, 2.24) is 9.88 Å². The third-order valence-corrected chi connectivity index (χ3v) is 5.68. The highest BCUT2D eigenvalue weighted by molar-refractivity contribution is 5.87. The summed E-state index contributed by atoms with van der Waals surface area (Å²) < 4.78 is 5.31. The van der Waals surface area contributed by atoms with Gasteiger partial charge >= 0.3 is 0 Å². The van der Waals surface area contributed by atoms with E-state index in [9.17, 15) is 4.79 Å². The van der Waals surface area contributed by atoms with Crippen molar-refractivity contribution in [3.05, 3.63) is 65.4 Å². The van der Waals surface area contributed by atoms with Gasteiger partial charge in [0, 0.05) is 29.1 Å². The van der Waals surface area contributed by atoms with Crippen molar-refractivity contribution >= 4 is 16.8 Å². The van der Waals surface area contributed by atoms with Crippen molar-refractivity contribution < 1.29 is 9.53 Å². The third kappa shape index (κ3) is 2.40. The average Bonchev–Trinajstić information content (AvgIpc) is 3.47. The highest BCUT2D eigenvalue weighted by Gasteiger charge is 2.40. The number of hydrogen-bond donors (Lipinski definition) is 1. The molecule has 4 heteroatoms. The first-order chi connectivity index (χ1) is 12.8. The Morgan fingerprint density at radius 3 is 2.62 bits per heavy atom. The van der Waals surface area contributed by atoms with Crippen LogP contribution in [0.5, 0.6) is 5.75 Å². The topological polar surface area (TPSA) is 45.3 Å². The molecule has 1 amide bonds. The van der Waals surface area contributed by atoms with Gasteiger partial charge in [-0.1, -0.05) is 30.3 Å². The lowest BCUT2D eigenvalue weighted by molar-refractivity contribution is -0.134. The molecule has 1 fully saturated rings. The zero-order valence-electron chi connectivity index (χ0n) is 14.9. The van der Waals surface area contributed by atoms with E-state index in [2.05, 4.69) is 46.3 Å². The number of methoxy groups -OCH3 is 1. The Morgan fingerprint density at radius 1 is 1.12 bits per heavy atom. The van der Waals surface area contributed by atoms with E-state index in [-0.39, 0.29) is 12.0 Å². The summed E-state index contributed by atoms with van der Waals surface area (Å²) in [5.74, 6) is 1.36. The van der Waals surface area contributed by atoms with Crippen molar-refractivity contribution in [3.8, 4) is 5.75 Å². The van der Waals surface area contributed by atoms with Crippen LogP contribution in [0.1, 0.15) is 35.7 Å². The fraction of sp³-hybridized carbons (Fsp3) is 0.318. The first kappa shape index (κ1) is 15.5. The van der Waals surface area contributed by atoms with Gasteiger partial charge in [0.15, 0.2) is 0 Å². The summed E-state index contributed by atoms with van der Waals surface area (Å²) in [4.78, 5) is 18.7. The van der Waals surface area contributed by atoms with E-state index in [0.717, 1.165) is 48.3 Å². The zero-order valence-corrected chi connectivity index (χ0v) is 14.9. The Labute approximate surface area is 152 Å². The molecule has 1 aromatic heterocycles. The van der Waals surface area contributed by atoms with Crippen LogP contribution in [0, 0.1) is 5.92 Å². The van der Waals surface area contributed by atoms with E-state index in [0.29, 0.717) is 5.91 Å². The van der Waals surface area contributed by atoms with Crippen molar-refractivity contribution in [1.29, 1.82) is 0 Å². The second-order valence-corrected chi connectivity index (χ2v) is 7.29. The Kier molecular flexibility index (Phi) is 3.52. The van der Waals surface area contributed by atoms with Gasteiger partial charge in [-0.15, -0.1) is 0 Å². The second-order valence-electron chi connectivity index (χ2n) is 7.29. The Morgan fingerprint density at radius 2 is 1.88 bits per heavy atom. The minimum absolute atomic E-state index is 0.0508. The molecule has 1 aliphatic carbocycles. The minimum atomic E-state index is -0.0508. The molecule has 1 atom stereocenters. The van der Waals surface area contributed by atoms with Crippen LogP contribution in [0.3, 0.4) is 0 Å². The maximum absolute atomic E-state index is 13.0. The molecule has 4 nitrogen and oxygen atoms in total. The summed E-state index contributed by atoms with van der Waals surface area (Å²) in [6.45, 7) is 0.779. The first-order valence-electron chi connectivity index (χ1n) is 9.30. The van der Waals surface area contributed by atoms with Crippen molar-refractivity contribution in [3.63, 3.8) is 0 Å². The summed E-state index contributed by atoms with van der Waals surface area (Å²) in [5, 5.41) is 1.28. The van der Waals surface area contributed by atoms with Crippen LogP contribution in [0.2, 0.25) is 0 Å². The van der Waals surface area contributed by atoms with Gasteiger partial charge in [0.05, 0.1) is 13.2 Å². The molecule has 0 unspecified atom stereocenters. The maximum atomic E-state index is 13.0. The summed E-state index contributed by atoms with van der Waals surface area (Å²) >= 11 is 0. The van der Waals surface area contributed by atoms with E-state index in [1.807, 2.05) is 12.1 Å². The van der Waals surface area contributed by atoms with E-state index in [1.54, 1.807) is 7.11 Å². The van der Waals surface area contributed by atoms with E-state index in [1.165, 1.54) is 10.9 Å². The number of amides is 1. The monoisotopic (exact) mass is 346 g/mol. The highest BCUT2D eigenvalue weighted by atomic mass is 16.5. The summed E-state index contributed by atoms with van der Waals surface area (Å²) in [6.07, 6.45) is 2.97. The van der Waals surface area contributed by atoms with Gasteiger partial charge in [0.1, 0.15) is 5.75 Å². The molecule has 0 bridgehead atoms. The maximum Gasteiger partial charge on any atom is 0.226 e. The fourth-order valence-electron chi connectivity index (χ4n) is 4.18. The number of H-pyrrole nitrogens is 1. The van der Waals surface area contributed by atoms with Gasteiger partial charge in [0.25, 0.3) is 0 Å². The largest absolute Gasteiger partial charge is 0.497 e. The van der Waals surface area contributed by atoms with Gasteiger partial charge in [-0.2, -0.15) is 0 Å². The van der Waals surface area contributed by atoms with E-state index in [4.69, 9.17) is 4.74 Å². The van der Waals surface area contributed by atoms with Crippen LogP contribution >= 0.6 is 0 Å². The summed E-state index contributed by atoms with van der Waals surface area (Å²) in [7, 11) is 1.67. The molecular formula is C22H22N2O2. The third-order valence-electron chi connectivity index (χ3n) is 5.68. The van der Waals surface area contributed by atoms with Crippen LogP contribution in [0.15, 0.2) is 48.5 Å². The molecule has 2 aliphatic rings. The molecule has 3 aromatic rings. The van der Waals surface area contributed by atoms with Gasteiger partial charge < -0.3 is 14.6 Å². The molecule has 0 radical (unpaired) electrons. The summed E-state index contributed by atoms with van der Waals surface area (Å²) in [5.41, 5.74) is 4.79. The number of fused-ring (bicyclic) bond motifs is 3. The van der Waals surface area contributed by atoms with E-state index >= 15 is 0 Å². The molecule has 5 rings (SSSR count). The average molecular weight is 346 g/mol. The van der Waals surface area contributed by atoms with Crippen molar-refractivity contribution in [2.75, 3.05) is 13.7 Å². The van der Waals surface area contributed by atoms with Gasteiger partial charge in [-0.25, -0.2) is 0 Å². The Hall–Kier alpha value is -2.75. The van der Waals surface area contributed by atoms with Gasteiger partial charge in [0.2, 0.25) is 5.91 Å². The molecule has 1 aliphatic heterocycles. The number of carbonyl (C=O) groups is 1. The van der Waals surface area contributed by atoms with Crippen LogP contribution < -0.4 is 4.74 Å². The number of aromatic amines is 1. The second kappa shape index (κ2) is 5.90. The molecule has 132 valence electrons. The van der Waals surface area contributed by atoms with Crippen LogP contribution in [0.4, 0.5) is 0 Å². The molecule has 1 N–H and O–H groups in total. The molecule has 0 saturated heterocycles. The smallest absolute Gasteiger partial charge is 0.226 e. The quantitative estimate of drug-likeness (QED) is 0.777. The predicted molar refractivity (Wildman–Crippen MR) is 101 cm³/mol. The van der Waals surface area contributed by atoms with Crippen molar-refractivity contribution in [2.45, 2.75) is 25.3 Å². The number of ether oxygens (including phenoxy) is 1. The number of aromatic nitrogens is 1. The lowest BCUT2D eigenvalue weighted by Gasteiger charge is -2.36. The van der Waals surface area contributed by atoms with Crippen molar-refractivity contribution in [2.24, 2.45) is 5.92 Å². The molecule has 0 spiro atoms. The number of rotatable bonds is 3. The van der Waals surface area contributed by atoms with Gasteiger partial charge in [-0.05, 0) is 48.6 Å². The number of para-hydroxylation sites is 1. The molecule has 1 saturated carbocycles. The number of nitrogens with one attached hydrogen (secondary N) is 1. The molecule has 26 heavy (non-hydrogen) atoms. The van der Waals surface area contributed by atoms with Gasteiger partial charge in [-0.3, -0.25) is 4.79 Å². The number of carbonyl (C=O) groups excluding carboxylic acids is 1. The van der Waals surface area contributed by atoms with E-state index < -0.39 is 0 Å². The normalized spacial score (nSPS) is 19.4. The first-order valence-corrected chi connectivity index (χ1v) is 9.30. The Balaban J connectivity index is 1.65. The highest BCUT2D eigenvalue weighted by Crippen LogP contribution is 2.42. The zero-order chi connectivity index (χ0) is 17.7. The number of hydrogen-bond acceptors (Lipinski definition) is 2. The predicted octanol–water partition coefficient (Wildman–Crippen LogP) is 4.06. The number of benzene rings is 2. The Bertz CT molecular complexity index is 969. The van der Waals surface area contributed by atoms with Crippen LogP contribution in [-0.4, -0.2) is 29.4 Å². The molecular weight excluding hydrogens is 324 g/mol. The minimum Gasteiger partial charge on any atom is -0.497 e. The number of nitrogens with zero attached hydrogens (tertiary/aromatic N) is 1. The standard InChI is InChI=1S/C22H22N2O2/c1-26-16-10-8-14(9-11-16)21-20-18(17-4-2-3-5-19(17)23-20)12-13-24(21)22(25)15-6-7-15/h2-5,8-11,15,21,23H,6-7,12-13H2,1H3/t21-/m1/s1. The van der Waals surface area contributed by atoms with Crippen LogP contribution in [0.25, 0.3) is 10.9 Å². The fourth-order valence-corrected chi connectivity index (χ4v) is 4.18. The lowest BCUT2D eigenvalue weighted by Crippen LogP contribution is -2.41. The lowest BCUT2D eigenvalue weighted by atomic mass is 9.92. The molecule has 2 aromatic carbocycles. The van der Waals surface area contributed by atoms with Crippen LogP contribution in [-0.2, 0) is 11.2 Å². The molecule has 2 heterocycles.